The second-order valence-corrected chi connectivity index (χ2v) is 26.1. The fraction of sp³-hybridized carbons (Fsp3) is 0.0217. The van der Waals surface area contributed by atoms with Crippen LogP contribution in [0.15, 0.2) is 381 Å². The van der Waals surface area contributed by atoms with Crippen LogP contribution in [0.2, 0.25) is 0 Å². The van der Waals surface area contributed by atoms with Gasteiger partial charge in [0.15, 0.2) is 34.9 Å². The molecule has 0 atom stereocenters. The summed E-state index contributed by atoms with van der Waals surface area (Å²) in [4.78, 5) is 29.0. The first-order valence-electron chi connectivity index (χ1n) is 34.0. The molecular formula is C92H64BBrN6O2. The Hall–Kier alpha value is -12.4. The van der Waals surface area contributed by atoms with E-state index in [1.165, 1.54) is 44.5 Å². The second kappa shape index (κ2) is 28.4. The highest BCUT2D eigenvalue weighted by Gasteiger charge is 2.48. The molecule has 2 aliphatic carbocycles. The molecular weight excluding hydrogens is 1310 g/mol. The van der Waals surface area contributed by atoms with Crippen molar-refractivity contribution in [1.29, 1.82) is 0 Å². The first kappa shape index (κ1) is 64.3. The Labute approximate surface area is 602 Å². The molecule has 10 heteroatoms. The molecule has 18 rings (SSSR count). The summed E-state index contributed by atoms with van der Waals surface area (Å²) in [6, 6.07) is 130. The van der Waals surface area contributed by atoms with Gasteiger partial charge in [-0.15, -0.1) is 0 Å². The van der Waals surface area contributed by atoms with Gasteiger partial charge in [-0.3, -0.25) is 0 Å². The zero-order chi connectivity index (χ0) is 68.8. The lowest BCUT2D eigenvalue weighted by atomic mass is 9.66. The molecule has 14 aromatic carbocycles. The topological polar surface area (TPSA) is 118 Å². The summed E-state index contributed by atoms with van der Waals surface area (Å²) in [6.07, 6.45) is 0. The van der Waals surface area contributed by atoms with Crippen molar-refractivity contribution in [2.75, 3.05) is 0 Å². The molecule has 484 valence electrons. The fourth-order valence-corrected chi connectivity index (χ4v) is 15.0. The van der Waals surface area contributed by atoms with Crippen LogP contribution >= 0.6 is 15.9 Å². The number of nitrogens with zero attached hydrogens (tertiary/aromatic N) is 6. The highest BCUT2D eigenvalue weighted by Crippen LogP contribution is 2.58. The molecule has 2 heterocycles. The van der Waals surface area contributed by atoms with Crippen molar-refractivity contribution in [2.45, 2.75) is 10.8 Å². The number of benzene rings is 14. The highest BCUT2D eigenvalue weighted by molar-refractivity contribution is 9.10. The quantitative estimate of drug-likeness (QED) is 0.116. The largest absolute Gasteiger partial charge is 0.488 e. The van der Waals surface area contributed by atoms with Gasteiger partial charge in [-0.2, -0.15) is 0 Å². The molecule has 0 unspecified atom stereocenters. The summed E-state index contributed by atoms with van der Waals surface area (Å²) in [7, 11) is -1.50. The van der Waals surface area contributed by atoms with Crippen LogP contribution in [0.25, 0.3) is 102 Å². The molecule has 0 spiro atoms. The molecule has 0 bridgehead atoms. The molecule has 2 aliphatic rings. The van der Waals surface area contributed by atoms with Crippen LogP contribution in [0, 0.1) is 0 Å². The van der Waals surface area contributed by atoms with E-state index in [9.17, 15) is 10.0 Å². The standard InChI is InChI=1S/C46H31N3.C25H19BO2.C21H14BrN3/c1-5-16-32(17-6-1)43-47-44(33-18-7-2-8-19-33)49-45(48-43)36-21-15-20-34(30-36)35-28-29-40-39-26-13-14-27-41(39)46(42(40)31-35,37-22-9-3-10-23-37)38-24-11-4-12-25-38;27-26(28)20-15-16-22-21-13-7-8-14-23(21)25(24(22)17-20,18-9-3-1-4-10-18)19-11-5-2-6-12-19;22-18-13-7-12-17(14-18)21-24-19(15-8-3-1-4-9-15)23-20(25-21)16-10-5-2-6-11-16/h1-31H;1-17,27-28H;1-14H. The van der Waals surface area contributed by atoms with Crippen LogP contribution in [-0.4, -0.2) is 47.1 Å². The summed E-state index contributed by atoms with van der Waals surface area (Å²) in [5.41, 5.74) is 22.1. The van der Waals surface area contributed by atoms with Gasteiger partial charge in [-0.05, 0) is 108 Å². The van der Waals surface area contributed by atoms with Crippen molar-refractivity contribution in [2.24, 2.45) is 0 Å². The minimum Gasteiger partial charge on any atom is -0.423 e. The first-order valence-corrected chi connectivity index (χ1v) is 34.8. The Morgan fingerprint density at radius 1 is 0.216 bits per heavy atom. The average molecular weight is 1380 g/mol. The SMILES string of the molecule is Brc1cccc(-c2nc(-c3ccccc3)nc(-c3ccccc3)n2)c1.OB(O)c1ccc2c(c1)C(c1ccccc1)(c1ccccc1)c1ccccc1-2.c1ccc(-c2nc(-c3ccccc3)nc(-c3cccc(-c4ccc5c(c4)C(c4ccccc4)(c4ccccc4)c4ccccc4-5)c3)n2)cc1. The maximum Gasteiger partial charge on any atom is 0.488 e. The van der Waals surface area contributed by atoms with E-state index >= 15 is 0 Å². The predicted octanol–water partition coefficient (Wildman–Crippen LogP) is 20.3. The third-order valence-corrected chi connectivity index (χ3v) is 19.7. The maximum atomic E-state index is 9.84. The smallest absolute Gasteiger partial charge is 0.423 e. The second-order valence-electron chi connectivity index (χ2n) is 25.2. The molecule has 2 N–H and O–H groups in total. The van der Waals surface area contributed by atoms with Gasteiger partial charge in [0.2, 0.25) is 0 Å². The lowest BCUT2D eigenvalue weighted by Crippen LogP contribution is -2.33. The minimum absolute atomic E-state index is 0.453. The van der Waals surface area contributed by atoms with Crippen molar-refractivity contribution >= 4 is 28.5 Å². The van der Waals surface area contributed by atoms with Gasteiger partial charge in [0.05, 0.1) is 10.8 Å². The van der Waals surface area contributed by atoms with E-state index in [1.807, 2.05) is 170 Å². The van der Waals surface area contributed by atoms with E-state index in [4.69, 9.17) is 24.9 Å². The van der Waals surface area contributed by atoms with Gasteiger partial charge in [0.1, 0.15) is 0 Å². The van der Waals surface area contributed by atoms with Gasteiger partial charge in [-0.25, -0.2) is 29.9 Å². The van der Waals surface area contributed by atoms with E-state index in [0.717, 1.165) is 71.2 Å². The van der Waals surface area contributed by atoms with Crippen molar-refractivity contribution in [3.8, 4) is 102 Å². The van der Waals surface area contributed by atoms with Crippen LogP contribution in [0.5, 0.6) is 0 Å². The van der Waals surface area contributed by atoms with Gasteiger partial charge < -0.3 is 10.0 Å². The number of fused-ring (bicyclic) bond motifs is 6. The first-order chi connectivity index (χ1) is 50.3. The van der Waals surface area contributed by atoms with E-state index in [0.29, 0.717) is 40.4 Å². The maximum absolute atomic E-state index is 9.84. The van der Waals surface area contributed by atoms with Crippen molar-refractivity contribution in [3.05, 3.63) is 425 Å². The summed E-state index contributed by atoms with van der Waals surface area (Å²) in [6.45, 7) is 0. The normalized spacial score (nSPS) is 12.4. The Morgan fingerprint density at radius 3 is 0.863 bits per heavy atom. The molecule has 0 fully saturated rings. The minimum atomic E-state index is -1.50. The van der Waals surface area contributed by atoms with Crippen LogP contribution in [-0.2, 0) is 10.8 Å². The summed E-state index contributed by atoms with van der Waals surface area (Å²) < 4.78 is 0.993. The lowest BCUT2D eigenvalue weighted by molar-refractivity contribution is 0.425. The third kappa shape index (κ3) is 12.2. The van der Waals surface area contributed by atoms with Crippen molar-refractivity contribution in [3.63, 3.8) is 0 Å². The number of aromatic nitrogens is 6. The monoisotopic (exact) mass is 1370 g/mol. The zero-order valence-electron chi connectivity index (χ0n) is 55.3. The number of rotatable bonds is 12. The summed E-state index contributed by atoms with van der Waals surface area (Å²) in [5.74, 6) is 3.95. The van der Waals surface area contributed by atoms with Crippen LogP contribution < -0.4 is 5.46 Å². The Balaban J connectivity index is 0.000000129. The predicted molar refractivity (Wildman–Crippen MR) is 416 cm³/mol. The van der Waals surface area contributed by atoms with Crippen LogP contribution in [0.1, 0.15) is 44.5 Å². The molecule has 16 aromatic rings. The number of hydrogen-bond donors (Lipinski definition) is 2. The van der Waals surface area contributed by atoms with Gasteiger partial charge in [0.25, 0.3) is 0 Å². The Bertz CT molecular complexity index is 5430. The molecule has 0 saturated heterocycles. The molecule has 0 aliphatic heterocycles. The third-order valence-electron chi connectivity index (χ3n) is 19.2. The summed E-state index contributed by atoms with van der Waals surface area (Å²) >= 11 is 3.52. The highest BCUT2D eigenvalue weighted by atomic mass is 79.9. The average Bonchev–Trinajstić information content (AvgIpc) is 1.54. The Kier molecular flexibility index (Phi) is 17.9. The molecule has 0 saturated carbocycles. The fourth-order valence-electron chi connectivity index (χ4n) is 14.6. The van der Waals surface area contributed by atoms with E-state index < -0.39 is 17.9 Å². The van der Waals surface area contributed by atoms with E-state index in [2.05, 4.69) is 221 Å². The lowest BCUT2D eigenvalue weighted by Gasteiger charge is -2.34. The molecule has 102 heavy (non-hydrogen) atoms. The van der Waals surface area contributed by atoms with Gasteiger partial charge >= 0.3 is 7.12 Å². The van der Waals surface area contributed by atoms with Gasteiger partial charge in [-0.1, -0.05) is 368 Å². The van der Waals surface area contributed by atoms with Gasteiger partial charge in [0, 0.05) is 37.9 Å². The Morgan fingerprint density at radius 2 is 0.490 bits per heavy atom. The van der Waals surface area contributed by atoms with Crippen LogP contribution in [0.3, 0.4) is 0 Å². The van der Waals surface area contributed by atoms with Crippen LogP contribution in [0.4, 0.5) is 0 Å². The van der Waals surface area contributed by atoms with E-state index in [-0.39, 0.29) is 0 Å². The zero-order valence-corrected chi connectivity index (χ0v) is 56.9. The molecule has 0 amide bonds. The molecule has 0 radical (unpaired) electrons. The van der Waals surface area contributed by atoms with Crippen molar-refractivity contribution < 1.29 is 10.0 Å². The molecule has 8 nitrogen and oxygen atoms in total. The number of halogens is 1. The van der Waals surface area contributed by atoms with Crippen molar-refractivity contribution in [1.82, 2.24) is 29.9 Å². The summed E-state index contributed by atoms with van der Waals surface area (Å²) in [5, 5.41) is 19.7. The number of hydrogen-bond acceptors (Lipinski definition) is 8. The molecule has 2 aromatic heterocycles. The van der Waals surface area contributed by atoms with E-state index in [1.54, 1.807) is 6.07 Å².